The second-order valence-corrected chi connectivity index (χ2v) is 4.29. The van der Waals surface area contributed by atoms with Crippen molar-refractivity contribution in [3.8, 4) is 0 Å². The molecule has 1 aromatic rings. The molecule has 1 N–H and O–H groups in total. The molecule has 14 heavy (non-hydrogen) atoms. The molecule has 0 spiro atoms. The summed E-state index contributed by atoms with van der Waals surface area (Å²) >= 11 is 3.32. The fourth-order valence-corrected chi connectivity index (χ4v) is 1.84. The van der Waals surface area contributed by atoms with E-state index in [1.54, 1.807) is 6.07 Å². The number of rotatable bonds is 4. The minimum absolute atomic E-state index is 0.206. The molecule has 0 fully saturated rings. The Morgan fingerprint density at radius 3 is 2.79 bits per heavy atom. The van der Waals surface area contributed by atoms with Gasteiger partial charge in [-0.15, -0.1) is 0 Å². The van der Waals surface area contributed by atoms with Crippen LogP contribution in [0.1, 0.15) is 26.7 Å². The standard InChI is InChI=1S/C11H15BrFN/c1-3-5-8(2)14-11-9(12)6-4-7-10(11)13/h4,6-8,14H,3,5H2,1-2H3. The van der Waals surface area contributed by atoms with Crippen molar-refractivity contribution in [3.63, 3.8) is 0 Å². The Morgan fingerprint density at radius 2 is 2.21 bits per heavy atom. The third-order valence-electron chi connectivity index (χ3n) is 2.08. The number of hydrogen-bond acceptors (Lipinski definition) is 1. The molecule has 0 aromatic heterocycles. The molecule has 1 rings (SSSR count). The van der Waals surface area contributed by atoms with Crippen molar-refractivity contribution in [2.24, 2.45) is 0 Å². The molecule has 0 saturated carbocycles. The molecule has 1 aromatic carbocycles. The van der Waals surface area contributed by atoms with Gasteiger partial charge >= 0.3 is 0 Å². The average molecular weight is 260 g/mol. The second-order valence-electron chi connectivity index (χ2n) is 3.43. The molecule has 0 bridgehead atoms. The summed E-state index contributed by atoms with van der Waals surface area (Å²) in [6.07, 6.45) is 2.14. The molecule has 0 saturated heterocycles. The Bertz CT molecular complexity index is 281. The zero-order valence-corrected chi connectivity index (χ0v) is 10.1. The fourth-order valence-electron chi connectivity index (χ4n) is 1.39. The van der Waals surface area contributed by atoms with E-state index >= 15 is 0 Å². The zero-order valence-electron chi connectivity index (χ0n) is 8.48. The van der Waals surface area contributed by atoms with Gasteiger partial charge in [0, 0.05) is 10.5 Å². The van der Waals surface area contributed by atoms with E-state index < -0.39 is 0 Å². The number of halogens is 2. The van der Waals surface area contributed by atoms with Crippen molar-refractivity contribution in [3.05, 3.63) is 28.5 Å². The maximum absolute atomic E-state index is 13.4. The van der Waals surface area contributed by atoms with Crippen LogP contribution in [0.25, 0.3) is 0 Å². The predicted molar refractivity (Wildman–Crippen MR) is 62.1 cm³/mol. The third-order valence-corrected chi connectivity index (χ3v) is 2.74. The lowest BCUT2D eigenvalue weighted by molar-refractivity contribution is 0.619. The maximum Gasteiger partial charge on any atom is 0.147 e. The summed E-state index contributed by atoms with van der Waals surface area (Å²) in [7, 11) is 0. The van der Waals surface area contributed by atoms with Crippen molar-refractivity contribution in [1.29, 1.82) is 0 Å². The molecule has 0 aliphatic heterocycles. The summed E-state index contributed by atoms with van der Waals surface area (Å²) in [6.45, 7) is 4.18. The minimum Gasteiger partial charge on any atom is -0.379 e. The summed E-state index contributed by atoms with van der Waals surface area (Å²) in [5.74, 6) is -0.206. The van der Waals surface area contributed by atoms with E-state index in [1.807, 2.05) is 6.07 Å². The third kappa shape index (κ3) is 2.98. The summed E-state index contributed by atoms with van der Waals surface area (Å²) in [5.41, 5.74) is 0.563. The van der Waals surface area contributed by atoms with E-state index in [-0.39, 0.29) is 5.82 Å². The Kier molecular flexibility index (Phi) is 4.39. The number of hydrogen-bond donors (Lipinski definition) is 1. The quantitative estimate of drug-likeness (QED) is 0.855. The van der Waals surface area contributed by atoms with Gasteiger partial charge in [0.2, 0.25) is 0 Å². The van der Waals surface area contributed by atoms with Crippen LogP contribution >= 0.6 is 15.9 Å². The molecular formula is C11H15BrFN. The molecule has 1 unspecified atom stereocenters. The first-order valence-electron chi connectivity index (χ1n) is 4.85. The lowest BCUT2D eigenvalue weighted by Gasteiger charge is -2.16. The lowest BCUT2D eigenvalue weighted by Crippen LogP contribution is -2.15. The smallest absolute Gasteiger partial charge is 0.147 e. The van der Waals surface area contributed by atoms with Gasteiger partial charge < -0.3 is 5.32 Å². The van der Waals surface area contributed by atoms with Gasteiger partial charge in [-0.1, -0.05) is 19.4 Å². The maximum atomic E-state index is 13.4. The molecule has 1 nitrogen and oxygen atoms in total. The number of para-hydroxylation sites is 1. The van der Waals surface area contributed by atoms with Crippen LogP contribution < -0.4 is 5.32 Å². The highest BCUT2D eigenvalue weighted by Gasteiger charge is 2.08. The first-order chi connectivity index (χ1) is 6.65. The van der Waals surface area contributed by atoms with Crippen molar-refractivity contribution < 1.29 is 4.39 Å². The molecule has 0 heterocycles. The van der Waals surface area contributed by atoms with Gasteiger partial charge in [0.05, 0.1) is 5.69 Å². The minimum atomic E-state index is -0.206. The topological polar surface area (TPSA) is 12.0 Å². The summed E-state index contributed by atoms with van der Waals surface area (Å²) in [4.78, 5) is 0. The van der Waals surface area contributed by atoms with E-state index in [1.165, 1.54) is 6.07 Å². The first-order valence-corrected chi connectivity index (χ1v) is 5.65. The van der Waals surface area contributed by atoms with Gasteiger partial charge in [-0.05, 0) is 41.4 Å². The largest absolute Gasteiger partial charge is 0.379 e. The van der Waals surface area contributed by atoms with E-state index in [4.69, 9.17) is 0 Å². The summed E-state index contributed by atoms with van der Waals surface area (Å²) in [5, 5.41) is 3.16. The Hall–Kier alpha value is -0.570. The number of anilines is 1. The van der Waals surface area contributed by atoms with Crippen LogP contribution in [0.3, 0.4) is 0 Å². The van der Waals surface area contributed by atoms with Gasteiger partial charge in [-0.25, -0.2) is 4.39 Å². The van der Waals surface area contributed by atoms with E-state index in [0.29, 0.717) is 11.7 Å². The van der Waals surface area contributed by atoms with Gasteiger partial charge in [0.15, 0.2) is 0 Å². The van der Waals surface area contributed by atoms with Crippen LogP contribution in [0.2, 0.25) is 0 Å². The van der Waals surface area contributed by atoms with Crippen LogP contribution in [0.5, 0.6) is 0 Å². The molecule has 0 aliphatic carbocycles. The molecule has 0 radical (unpaired) electrons. The van der Waals surface area contributed by atoms with E-state index in [2.05, 4.69) is 35.1 Å². The first kappa shape index (κ1) is 11.5. The Morgan fingerprint density at radius 1 is 1.50 bits per heavy atom. The Balaban J connectivity index is 2.75. The van der Waals surface area contributed by atoms with Crippen LogP contribution in [0.4, 0.5) is 10.1 Å². The summed E-state index contributed by atoms with van der Waals surface area (Å²) < 4.78 is 14.1. The molecule has 1 atom stereocenters. The number of nitrogens with one attached hydrogen (secondary N) is 1. The second kappa shape index (κ2) is 5.35. The molecule has 0 aliphatic rings. The van der Waals surface area contributed by atoms with E-state index in [0.717, 1.165) is 17.3 Å². The molecular weight excluding hydrogens is 245 g/mol. The van der Waals surface area contributed by atoms with Crippen molar-refractivity contribution in [2.75, 3.05) is 5.32 Å². The lowest BCUT2D eigenvalue weighted by atomic mass is 10.2. The summed E-state index contributed by atoms with van der Waals surface area (Å²) in [6, 6.07) is 5.29. The van der Waals surface area contributed by atoms with Crippen LogP contribution in [0.15, 0.2) is 22.7 Å². The highest BCUT2D eigenvalue weighted by Crippen LogP contribution is 2.26. The van der Waals surface area contributed by atoms with Crippen molar-refractivity contribution >= 4 is 21.6 Å². The molecule has 0 amide bonds. The molecule has 78 valence electrons. The van der Waals surface area contributed by atoms with Crippen molar-refractivity contribution in [1.82, 2.24) is 0 Å². The Labute approximate surface area is 92.8 Å². The van der Waals surface area contributed by atoms with Gasteiger partial charge in [0.1, 0.15) is 5.82 Å². The van der Waals surface area contributed by atoms with Gasteiger partial charge in [-0.3, -0.25) is 0 Å². The van der Waals surface area contributed by atoms with Gasteiger partial charge in [-0.2, -0.15) is 0 Å². The highest BCUT2D eigenvalue weighted by molar-refractivity contribution is 9.10. The average Bonchev–Trinajstić information content (AvgIpc) is 2.12. The highest BCUT2D eigenvalue weighted by atomic mass is 79.9. The number of benzene rings is 1. The molecule has 3 heteroatoms. The monoisotopic (exact) mass is 259 g/mol. The van der Waals surface area contributed by atoms with Crippen LogP contribution in [-0.4, -0.2) is 6.04 Å². The zero-order chi connectivity index (χ0) is 10.6. The van der Waals surface area contributed by atoms with E-state index in [9.17, 15) is 4.39 Å². The van der Waals surface area contributed by atoms with Crippen LogP contribution in [0, 0.1) is 5.82 Å². The van der Waals surface area contributed by atoms with Crippen molar-refractivity contribution in [2.45, 2.75) is 32.7 Å². The SMILES string of the molecule is CCCC(C)Nc1c(F)cccc1Br. The predicted octanol–water partition coefficient (Wildman–Crippen LogP) is 4.19. The fraction of sp³-hybridized carbons (Fsp3) is 0.455. The normalized spacial score (nSPS) is 12.6. The van der Waals surface area contributed by atoms with Gasteiger partial charge in [0.25, 0.3) is 0 Å². The van der Waals surface area contributed by atoms with Crippen LogP contribution in [-0.2, 0) is 0 Å².